The number of Topliss-reactive ketones (excluding diaryl/α,β-unsaturated/α-hetero) is 1. The lowest BCUT2D eigenvalue weighted by Crippen LogP contribution is -2.00. The van der Waals surface area contributed by atoms with Crippen molar-refractivity contribution in [2.75, 3.05) is 0 Å². The first kappa shape index (κ1) is 11.6. The van der Waals surface area contributed by atoms with Crippen molar-refractivity contribution in [3.8, 4) is 0 Å². The first-order valence-electron chi connectivity index (χ1n) is 4.99. The molecular weight excluding hydrogens is 284 g/mol. The van der Waals surface area contributed by atoms with Crippen molar-refractivity contribution in [2.24, 2.45) is 0 Å². The van der Waals surface area contributed by atoms with Crippen molar-refractivity contribution < 1.29 is 4.79 Å². The van der Waals surface area contributed by atoms with Crippen molar-refractivity contribution in [1.29, 1.82) is 0 Å². The first-order chi connectivity index (χ1) is 7.65. The van der Waals surface area contributed by atoms with Gasteiger partial charge in [0.2, 0.25) is 0 Å². The van der Waals surface area contributed by atoms with Crippen LogP contribution in [0.5, 0.6) is 0 Å². The van der Waals surface area contributed by atoms with Gasteiger partial charge in [-0.05, 0) is 40.5 Å². The molecule has 0 saturated carbocycles. The molecule has 2 aromatic rings. The molecule has 0 aliphatic carbocycles. The fraction of sp³-hybridized carbons (Fsp3) is 0.154. The summed E-state index contributed by atoms with van der Waals surface area (Å²) in [4.78, 5) is 12.7. The Morgan fingerprint density at radius 2 is 1.88 bits per heavy atom. The second-order valence-corrected chi connectivity index (χ2v) is 6.15. The van der Waals surface area contributed by atoms with E-state index in [-0.39, 0.29) is 5.78 Å². The number of carbonyl (C=O) groups excluding carboxylic acids is 1. The average molecular weight is 295 g/mol. The predicted molar refractivity (Wildman–Crippen MR) is 71.2 cm³/mol. The van der Waals surface area contributed by atoms with Gasteiger partial charge in [-0.1, -0.05) is 29.8 Å². The van der Waals surface area contributed by atoms with Gasteiger partial charge < -0.3 is 0 Å². The minimum Gasteiger partial charge on any atom is -0.293 e. The van der Waals surface area contributed by atoms with Crippen LogP contribution in [-0.2, 0) is 6.42 Å². The average Bonchev–Trinajstić information content (AvgIpc) is 2.68. The van der Waals surface area contributed by atoms with Crippen LogP contribution in [0.3, 0.4) is 0 Å². The summed E-state index contributed by atoms with van der Waals surface area (Å²) in [6.45, 7) is 2.04. The highest BCUT2D eigenvalue weighted by molar-refractivity contribution is 9.11. The third-order valence-electron chi connectivity index (χ3n) is 2.33. The Kier molecular flexibility index (Phi) is 3.56. The highest BCUT2D eigenvalue weighted by Gasteiger charge is 2.09. The van der Waals surface area contributed by atoms with E-state index in [0.717, 1.165) is 14.2 Å². The van der Waals surface area contributed by atoms with Gasteiger partial charge in [0, 0.05) is 6.42 Å². The number of ketones is 1. The first-order valence-corrected chi connectivity index (χ1v) is 6.60. The lowest BCUT2D eigenvalue weighted by molar-refractivity contribution is 0.0997. The van der Waals surface area contributed by atoms with Gasteiger partial charge in [-0.15, -0.1) is 11.3 Å². The topological polar surface area (TPSA) is 17.1 Å². The standard InChI is InChI=1S/C13H11BrOS/c1-9-2-4-10(5-3-9)8-11(15)12-6-7-13(14)16-12/h2-7H,8H2,1H3. The van der Waals surface area contributed by atoms with Crippen LogP contribution in [0.15, 0.2) is 40.2 Å². The smallest absolute Gasteiger partial charge is 0.177 e. The van der Waals surface area contributed by atoms with Gasteiger partial charge in [-0.3, -0.25) is 4.79 Å². The monoisotopic (exact) mass is 294 g/mol. The maximum Gasteiger partial charge on any atom is 0.177 e. The van der Waals surface area contributed by atoms with E-state index in [0.29, 0.717) is 6.42 Å². The molecule has 16 heavy (non-hydrogen) atoms. The molecule has 1 aromatic carbocycles. The second-order valence-electron chi connectivity index (χ2n) is 3.69. The van der Waals surface area contributed by atoms with E-state index < -0.39 is 0 Å². The Bertz CT molecular complexity index is 499. The van der Waals surface area contributed by atoms with Crippen LogP contribution in [0.1, 0.15) is 20.8 Å². The molecular formula is C13H11BrOS. The fourth-order valence-corrected chi connectivity index (χ4v) is 2.77. The normalized spacial score (nSPS) is 10.4. The van der Waals surface area contributed by atoms with Crippen LogP contribution in [-0.4, -0.2) is 5.78 Å². The minimum atomic E-state index is 0.180. The van der Waals surface area contributed by atoms with Crippen molar-refractivity contribution >= 4 is 33.0 Å². The third kappa shape index (κ3) is 2.80. The fourth-order valence-electron chi connectivity index (χ4n) is 1.44. The summed E-state index contributed by atoms with van der Waals surface area (Å²) in [6.07, 6.45) is 0.479. The summed E-state index contributed by atoms with van der Waals surface area (Å²) in [7, 11) is 0. The molecule has 0 aliphatic heterocycles. The lowest BCUT2D eigenvalue weighted by atomic mass is 10.1. The summed E-state index contributed by atoms with van der Waals surface area (Å²) in [5, 5.41) is 0. The van der Waals surface area contributed by atoms with E-state index in [1.54, 1.807) is 0 Å². The van der Waals surface area contributed by atoms with Crippen LogP contribution in [0, 0.1) is 6.92 Å². The largest absolute Gasteiger partial charge is 0.293 e. The van der Waals surface area contributed by atoms with E-state index in [2.05, 4.69) is 15.9 Å². The molecule has 0 aliphatic rings. The molecule has 0 saturated heterocycles. The van der Waals surface area contributed by atoms with Crippen LogP contribution in [0.4, 0.5) is 0 Å². The van der Waals surface area contributed by atoms with E-state index in [1.807, 2.05) is 43.3 Å². The zero-order chi connectivity index (χ0) is 11.5. The lowest BCUT2D eigenvalue weighted by Gasteiger charge is -1.99. The maximum atomic E-state index is 11.9. The molecule has 0 spiro atoms. The van der Waals surface area contributed by atoms with Crippen molar-refractivity contribution in [1.82, 2.24) is 0 Å². The van der Waals surface area contributed by atoms with Crippen molar-refractivity contribution in [2.45, 2.75) is 13.3 Å². The minimum absolute atomic E-state index is 0.180. The predicted octanol–water partition coefficient (Wildman–Crippen LogP) is 4.24. The Morgan fingerprint density at radius 3 is 2.44 bits per heavy atom. The molecule has 3 heteroatoms. The molecule has 2 rings (SSSR count). The summed E-state index contributed by atoms with van der Waals surface area (Å²) in [6, 6.07) is 11.9. The Labute approximate surface area is 107 Å². The zero-order valence-corrected chi connectivity index (χ0v) is 11.3. The molecule has 0 unspecified atom stereocenters. The van der Waals surface area contributed by atoms with Crippen LogP contribution in [0.25, 0.3) is 0 Å². The number of halogens is 1. The highest BCUT2D eigenvalue weighted by atomic mass is 79.9. The summed E-state index contributed by atoms with van der Waals surface area (Å²) >= 11 is 4.85. The zero-order valence-electron chi connectivity index (χ0n) is 8.87. The number of hydrogen-bond donors (Lipinski definition) is 0. The van der Waals surface area contributed by atoms with Gasteiger partial charge in [0.05, 0.1) is 8.66 Å². The van der Waals surface area contributed by atoms with E-state index in [1.165, 1.54) is 16.9 Å². The van der Waals surface area contributed by atoms with Crippen LogP contribution < -0.4 is 0 Å². The molecule has 0 bridgehead atoms. The molecule has 1 nitrogen and oxygen atoms in total. The van der Waals surface area contributed by atoms with E-state index >= 15 is 0 Å². The maximum absolute atomic E-state index is 11.9. The molecule has 82 valence electrons. The van der Waals surface area contributed by atoms with Gasteiger partial charge in [0.15, 0.2) is 5.78 Å². The summed E-state index contributed by atoms with van der Waals surface area (Å²) in [5.41, 5.74) is 2.29. The molecule has 0 amide bonds. The summed E-state index contributed by atoms with van der Waals surface area (Å²) < 4.78 is 1.000. The van der Waals surface area contributed by atoms with Gasteiger partial charge in [0.1, 0.15) is 0 Å². The van der Waals surface area contributed by atoms with Gasteiger partial charge >= 0.3 is 0 Å². The van der Waals surface area contributed by atoms with E-state index in [4.69, 9.17) is 0 Å². The number of carbonyl (C=O) groups is 1. The molecule has 0 fully saturated rings. The Balaban J connectivity index is 2.10. The highest BCUT2D eigenvalue weighted by Crippen LogP contribution is 2.23. The number of hydrogen-bond acceptors (Lipinski definition) is 2. The molecule has 1 heterocycles. The summed E-state index contributed by atoms with van der Waals surface area (Å²) in [5.74, 6) is 0.180. The Morgan fingerprint density at radius 1 is 1.19 bits per heavy atom. The number of rotatable bonds is 3. The van der Waals surface area contributed by atoms with Crippen LogP contribution >= 0.6 is 27.3 Å². The molecule has 0 N–H and O–H groups in total. The van der Waals surface area contributed by atoms with Gasteiger partial charge in [-0.2, -0.15) is 0 Å². The molecule has 0 radical (unpaired) electrons. The quantitative estimate of drug-likeness (QED) is 0.774. The van der Waals surface area contributed by atoms with Gasteiger partial charge in [-0.25, -0.2) is 0 Å². The van der Waals surface area contributed by atoms with Gasteiger partial charge in [0.25, 0.3) is 0 Å². The SMILES string of the molecule is Cc1ccc(CC(=O)c2ccc(Br)s2)cc1. The van der Waals surface area contributed by atoms with Crippen molar-refractivity contribution in [3.63, 3.8) is 0 Å². The number of aryl methyl sites for hydroxylation is 1. The Hall–Kier alpha value is -0.930. The number of thiophene rings is 1. The molecule has 0 atom stereocenters. The van der Waals surface area contributed by atoms with E-state index in [9.17, 15) is 4.79 Å². The third-order valence-corrected chi connectivity index (χ3v) is 4.00. The second kappa shape index (κ2) is 4.93. The number of benzene rings is 1. The van der Waals surface area contributed by atoms with Crippen LogP contribution in [0.2, 0.25) is 0 Å². The van der Waals surface area contributed by atoms with Crippen molar-refractivity contribution in [3.05, 3.63) is 56.2 Å². The molecule has 1 aromatic heterocycles.